The van der Waals surface area contributed by atoms with Crippen molar-refractivity contribution < 1.29 is 9.53 Å². The average molecular weight is 198 g/mol. The Kier molecular flexibility index (Phi) is 3.52. The summed E-state index contributed by atoms with van der Waals surface area (Å²) in [5, 5.41) is 0. The molecule has 0 radical (unpaired) electrons. The van der Waals surface area contributed by atoms with Gasteiger partial charge in [0, 0.05) is 32.0 Å². The van der Waals surface area contributed by atoms with Gasteiger partial charge >= 0.3 is 0 Å². The van der Waals surface area contributed by atoms with Crippen LogP contribution < -0.4 is 5.73 Å². The van der Waals surface area contributed by atoms with Gasteiger partial charge in [0.05, 0.1) is 6.10 Å². The maximum atomic E-state index is 11.7. The predicted molar refractivity (Wildman–Crippen MR) is 54.6 cm³/mol. The van der Waals surface area contributed by atoms with Crippen LogP contribution in [0, 0.1) is 0 Å². The third kappa shape index (κ3) is 2.07. The highest BCUT2D eigenvalue weighted by Gasteiger charge is 2.24. The van der Waals surface area contributed by atoms with E-state index in [1.807, 2.05) is 6.92 Å². The second kappa shape index (κ2) is 4.46. The van der Waals surface area contributed by atoms with Crippen LogP contribution in [0.4, 0.5) is 0 Å². The van der Waals surface area contributed by atoms with E-state index in [2.05, 4.69) is 0 Å². The molecule has 0 aromatic rings. The maximum Gasteiger partial charge on any atom is 0.251 e. The lowest BCUT2D eigenvalue weighted by atomic mass is 10.0. The molecule has 1 amide bonds. The van der Waals surface area contributed by atoms with E-state index in [4.69, 9.17) is 10.5 Å². The summed E-state index contributed by atoms with van der Waals surface area (Å²) < 4.78 is 5.10. The summed E-state index contributed by atoms with van der Waals surface area (Å²) in [6, 6.07) is 0. The van der Waals surface area contributed by atoms with Gasteiger partial charge in [0.15, 0.2) is 0 Å². The minimum Gasteiger partial charge on any atom is -0.400 e. The normalized spacial score (nSPS) is 23.6. The SMILES string of the molecule is COC(C)/C(N)=C1\CCCN(C)C1=O. The predicted octanol–water partition coefficient (Wildman–Crippen LogP) is 0.486. The Bertz CT molecular complexity index is 261. The number of nitrogens with zero attached hydrogens (tertiary/aromatic N) is 1. The standard InChI is InChI=1S/C10H18N2O2/c1-7(14-3)9(11)8-5-4-6-12(2)10(8)13/h7H,4-6,11H2,1-3H3/b9-8-. The molecule has 0 aromatic carbocycles. The van der Waals surface area contributed by atoms with Crippen molar-refractivity contribution in [2.75, 3.05) is 20.7 Å². The number of likely N-dealkylation sites (tertiary alicyclic amines) is 1. The van der Waals surface area contributed by atoms with Gasteiger partial charge in [0.2, 0.25) is 0 Å². The molecule has 14 heavy (non-hydrogen) atoms. The zero-order valence-corrected chi connectivity index (χ0v) is 9.04. The van der Waals surface area contributed by atoms with Gasteiger partial charge in [-0.1, -0.05) is 0 Å². The Hall–Kier alpha value is -1.03. The summed E-state index contributed by atoms with van der Waals surface area (Å²) in [5.74, 6) is 0.0395. The first kappa shape index (κ1) is 11.0. The molecule has 1 atom stereocenters. The van der Waals surface area contributed by atoms with Crippen molar-refractivity contribution in [3.63, 3.8) is 0 Å². The number of carbonyl (C=O) groups is 1. The summed E-state index contributed by atoms with van der Waals surface area (Å²) in [6.45, 7) is 2.67. The quantitative estimate of drug-likeness (QED) is 0.657. The lowest BCUT2D eigenvalue weighted by molar-refractivity contribution is -0.127. The Labute approximate surface area is 84.7 Å². The van der Waals surface area contributed by atoms with Crippen molar-refractivity contribution in [3.8, 4) is 0 Å². The number of likely N-dealkylation sites (N-methyl/N-ethyl adjacent to an activating group) is 1. The molecule has 0 spiro atoms. The number of amides is 1. The van der Waals surface area contributed by atoms with Crippen LogP contribution in [0.3, 0.4) is 0 Å². The van der Waals surface area contributed by atoms with Crippen LogP contribution in [-0.2, 0) is 9.53 Å². The Balaban J connectivity index is 2.88. The molecule has 1 heterocycles. The van der Waals surface area contributed by atoms with E-state index >= 15 is 0 Å². The highest BCUT2D eigenvalue weighted by Crippen LogP contribution is 2.19. The number of nitrogens with two attached hydrogens (primary N) is 1. The van der Waals surface area contributed by atoms with E-state index in [0.29, 0.717) is 11.3 Å². The number of hydrogen-bond donors (Lipinski definition) is 1. The van der Waals surface area contributed by atoms with Crippen LogP contribution in [-0.4, -0.2) is 37.6 Å². The van der Waals surface area contributed by atoms with Gasteiger partial charge in [0.1, 0.15) is 0 Å². The third-order valence-corrected chi connectivity index (χ3v) is 2.67. The monoisotopic (exact) mass is 198 g/mol. The van der Waals surface area contributed by atoms with Crippen LogP contribution >= 0.6 is 0 Å². The summed E-state index contributed by atoms with van der Waals surface area (Å²) in [4.78, 5) is 13.4. The van der Waals surface area contributed by atoms with E-state index in [-0.39, 0.29) is 12.0 Å². The molecule has 80 valence electrons. The molecule has 1 aliphatic rings. The molecular formula is C10H18N2O2. The van der Waals surface area contributed by atoms with E-state index in [1.54, 1.807) is 19.1 Å². The number of piperidine rings is 1. The molecule has 4 nitrogen and oxygen atoms in total. The summed E-state index contributed by atoms with van der Waals surface area (Å²) >= 11 is 0. The first-order chi connectivity index (χ1) is 6.57. The van der Waals surface area contributed by atoms with Gasteiger partial charge in [-0.05, 0) is 19.8 Å². The molecule has 0 aromatic heterocycles. The number of carbonyl (C=O) groups excluding carboxylic acids is 1. The number of methoxy groups -OCH3 is 1. The van der Waals surface area contributed by atoms with Gasteiger partial charge in [-0.15, -0.1) is 0 Å². The number of hydrogen-bond acceptors (Lipinski definition) is 3. The zero-order chi connectivity index (χ0) is 10.7. The highest BCUT2D eigenvalue weighted by atomic mass is 16.5. The lowest BCUT2D eigenvalue weighted by Crippen LogP contribution is -2.36. The van der Waals surface area contributed by atoms with Crippen LogP contribution in [0.25, 0.3) is 0 Å². The van der Waals surface area contributed by atoms with Gasteiger partial charge in [-0.3, -0.25) is 4.79 Å². The highest BCUT2D eigenvalue weighted by molar-refractivity contribution is 5.94. The third-order valence-electron chi connectivity index (χ3n) is 2.67. The second-order valence-corrected chi connectivity index (χ2v) is 3.64. The Morgan fingerprint density at radius 3 is 2.86 bits per heavy atom. The smallest absolute Gasteiger partial charge is 0.251 e. The summed E-state index contributed by atoms with van der Waals surface area (Å²) in [7, 11) is 3.39. The fraction of sp³-hybridized carbons (Fsp3) is 0.700. The molecule has 0 aliphatic carbocycles. The fourth-order valence-electron chi connectivity index (χ4n) is 1.57. The molecule has 1 aliphatic heterocycles. The minimum atomic E-state index is -0.180. The lowest BCUT2D eigenvalue weighted by Gasteiger charge is -2.26. The first-order valence-electron chi connectivity index (χ1n) is 4.84. The topological polar surface area (TPSA) is 55.6 Å². The molecule has 1 unspecified atom stereocenters. The van der Waals surface area contributed by atoms with Gasteiger partial charge in [-0.25, -0.2) is 0 Å². The van der Waals surface area contributed by atoms with E-state index in [0.717, 1.165) is 19.4 Å². The fourth-order valence-corrected chi connectivity index (χ4v) is 1.57. The molecule has 1 fully saturated rings. The Morgan fingerprint density at radius 2 is 2.29 bits per heavy atom. The second-order valence-electron chi connectivity index (χ2n) is 3.64. The van der Waals surface area contributed by atoms with Crippen molar-refractivity contribution in [2.45, 2.75) is 25.9 Å². The van der Waals surface area contributed by atoms with E-state index in [1.165, 1.54) is 0 Å². The van der Waals surface area contributed by atoms with Crippen LogP contribution in [0.15, 0.2) is 11.3 Å². The molecule has 4 heteroatoms. The van der Waals surface area contributed by atoms with Crippen molar-refractivity contribution in [1.29, 1.82) is 0 Å². The average Bonchev–Trinajstić information content (AvgIpc) is 2.20. The van der Waals surface area contributed by atoms with Crippen LogP contribution in [0.2, 0.25) is 0 Å². The number of rotatable bonds is 2. The van der Waals surface area contributed by atoms with Crippen molar-refractivity contribution >= 4 is 5.91 Å². The van der Waals surface area contributed by atoms with Crippen LogP contribution in [0.1, 0.15) is 19.8 Å². The van der Waals surface area contributed by atoms with Crippen molar-refractivity contribution in [2.24, 2.45) is 5.73 Å². The molecular weight excluding hydrogens is 180 g/mol. The number of ether oxygens (including phenoxy) is 1. The van der Waals surface area contributed by atoms with Gasteiger partial charge in [-0.2, -0.15) is 0 Å². The first-order valence-corrected chi connectivity index (χ1v) is 4.84. The molecule has 0 saturated carbocycles. The molecule has 2 N–H and O–H groups in total. The molecule has 1 saturated heterocycles. The minimum absolute atomic E-state index is 0.0395. The van der Waals surface area contributed by atoms with E-state index in [9.17, 15) is 4.79 Å². The van der Waals surface area contributed by atoms with E-state index < -0.39 is 0 Å². The van der Waals surface area contributed by atoms with Crippen molar-refractivity contribution in [3.05, 3.63) is 11.3 Å². The summed E-state index contributed by atoms with van der Waals surface area (Å²) in [6.07, 6.45) is 1.57. The maximum absolute atomic E-state index is 11.7. The van der Waals surface area contributed by atoms with Crippen molar-refractivity contribution in [1.82, 2.24) is 4.90 Å². The van der Waals surface area contributed by atoms with Gasteiger partial charge in [0.25, 0.3) is 5.91 Å². The van der Waals surface area contributed by atoms with Crippen LogP contribution in [0.5, 0.6) is 0 Å². The van der Waals surface area contributed by atoms with Gasteiger partial charge < -0.3 is 15.4 Å². The summed E-state index contributed by atoms with van der Waals surface area (Å²) in [5.41, 5.74) is 7.15. The zero-order valence-electron chi connectivity index (χ0n) is 9.04. The largest absolute Gasteiger partial charge is 0.400 e. The molecule has 0 bridgehead atoms. The Morgan fingerprint density at radius 1 is 1.64 bits per heavy atom. The molecule has 1 rings (SSSR count).